The smallest absolute Gasteiger partial charge is 0.407 e. The Bertz CT molecular complexity index is 869. The van der Waals surface area contributed by atoms with E-state index in [2.05, 4.69) is 10.3 Å². The third kappa shape index (κ3) is 5.56. The van der Waals surface area contributed by atoms with Crippen molar-refractivity contribution in [1.29, 1.82) is 0 Å². The Labute approximate surface area is 176 Å². The number of ether oxygens (including phenoxy) is 1. The summed E-state index contributed by atoms with van der Waals surface area (Å²) in [6.45, 7) is 7.77. The molecular formula is C22H29N3O3S. The van der Waals surface area contributed by atoms with Crippen LogP contribution in [0.5, 0.6) is 0 Å². The molecule has 1 aliphatic carbocycles. The van der Waals surface area contributed by atoms with Crippen molar-refractivity contribution in [2.24, 2.45) is 5.92 Å². The fourth-order valence-corrected chi connectivity index (χ4v) is 4.19. The van der Waals surface area contributed by atoms with Crippen molar-refractivity contribution >= 4 is 23.3 Å². The van der Waals surface area contributed by atoms with Gasteiger partial charge in [0.2, 0.25) is 0 Å². The van der Waals surface area contributed by atoms with Crippen molar-refractivity contribution in [1.82, 2.24) is 15.2 Å². The first kappa shape index (κ1) is 21.3. The molecule has 1 aromatic heterocycles. The number of likely N-dealkylation sites (N-methyl/N-ethyl adjacent to an activating group) is 1. The first-order valence-corrected chi connectivity index (χ1v) is 10.7. The number of nitrogens with zero attached hydrogens (tertiary/aromatic N) is 2. The Morgan fingerprint density at radius 1 is 1.28 bits per heavy atom. The van der Waals surface area contributed by atoms with Crippen LogP contribution in [0.4, 0.5) is 4.79 Å². The number of carbonyl (C=O) groups is 2. The fourth-order valence-electron chi connectivity index (χ4n) is 3.28. The van der Waals surface area contributed by atoms with E-state index >= 15 is 0 Å². The van der Waals surface area contributed by atoms with Crippen LogP contribution in [0, 0.1) is 12.8 Å². The molecule has 1 aromatic carbocycles. The molecule has 0 aliphatic heterocycles. The van der Waals surface area contributed by atoms with Crippen LogP contribution in [0.1, 0.15) is 49.1 Å². The lowest BCUT2D eigenvalue weighted by atomic mass is 10.1. The summed E-state index contributed by atoms with van der Waals surface area (Å²) in [6.07, 6.45) is 1.65. The molecule has 29 heavy (non-hydrogen) atoms. The highest BCUT2D eigenvalue weighted by Gasteiger charge is 2.37. The van der Waals surface area contributed by atoms with Gasteiger partial charge in [-0.15, -0.1) is 11.3 Å². The zero-order valence-electron chi connectivity index (χ0n) is 17.7. The van der Waals surface area contributed by atoms with Crippen LogP contribution in [0.3, 0.4) is 0 Å². The number of aryl methyl sites for hydroxylation is 1. The molecule has 1 atom stereocenters. The lowest BCUT2D eigenvalue weighted by Gasteiger charge is -2.29. The van der Waals surface area contributed by atoms with Gasteiger partial charge in [0.25, 0.3) is 5.91 Å². The number of thiazole rings is 1. The van der Waals surface area contributed by atoms with Gasteiger partial charge in [-0.25, -0.2) is 9.78 Å². The first-order valence-electron chi connectivity index (χ1n) is 9.92. The molecule has 1 heterocycles. The largest absolute Gasteiger partial charge is 0.444 e. The Morgan fingerprint density at radius 3 is 2.52 bits per heavy atom. The second-order valence-corrected chi connectivity index (χ2v) is 9.68. The predicted molar refractivity (Wildman–Crippen MR) is 115 cm³/mol. The summed E-state index contributed by atoms with van der Waals surface area (Å²) in [5.41, 5.74) is 0.915. The summed E-state index contributed by atoms with van der Waals surface area (Å²) >= 11 is 1.53. The molecule has 2 amide bonds. The van der Waals surface area contributed by atoms with Gasteiger partial charge in [0, 0.05) is 13.6 Å². The lowest BCUT2D eigenvalue weighted by Crippen LogP contribution is -2.47. The maximum Gasteiger partial charge on any atom is 0.407 e. The molecule has 0 bridgehead atoms. The summed E-state index contributed by atoms with van der Waals surface area (Å²) in [5.74, 6) is 0.273. The molecular weight excluding hydrogens is 386 g/mol. The van der Waals surface area contributed by atoms with Gasteiger partial charge < -0.3 is 15.0 Å². The van der Waals surface area contributed by atoms with E-state index in [-0.39, 0.29) is 11.9 Å². The van der Waals surface area contributed by atoms with Crippen molar-refractivity contribution in [3.8, 4) is 10.4 Å². The van der Waals surface area contributed by atoms with Gasteiger partial charge in [0.1, 0.15) is 11.3 Å². The Balaban J connectivity index is 1.75. The second-order valence-electron chi connectivity index (χ2n) is 8.48. The number of amides is 2. The van der Waals surface area contributed by atoms with Crippen LogP contribution in [-0.4, -0.2) is 47.1 Å². The molecule has 1 aliphatic rings. The Morgan fingerprint density at radius 2 is 1.93 bits per heavy atom. The van der Waals surface area contributed by atoms with Gasteiger partial charge in [0.15, 0.2) is 0 Å². The van der Waals surface area contributed by atoms with Crippen molar-refractivity contribution in [3.63, 3.8) is 0 Å². The minimum Gasteiger partial charge on any atom is -0.444 e. The maximum atomic E-state index is 13.3. The number of alkyl carbamates (subject to hydrolysis) is 1. The standard InChI is InChI=1S/C22H29N3O3S/c1-14-24-18(19(29-14)16-9-7-6-8-10-16)20(26)25(5)17(15-11-12-15)13-23-21(27)28-22(2,3)4/h6-10,15,17H,11-13H2,1-5H3,(H,23,27)/t17-/m1/s1. The minimum atomic E-state index is -0.552. The van der Waals surface area contributed by atoms with Crippen LogP contribution >= 0.6 is 11.3 Å². The van der Waals surface area contributed by atoms with E-state index in [4.69, 9.17) is 4.74 Å². The van der Waals surface area contributed by atoms with E-state index < -0.39 is 11.7 Å². The Hall–Kier alpha value is -2.41. The van der Waals surface area contributed by atoms with Crippen molar-refractivity contribution < 1.29 is 14.3 Å². The number of carbonyl (C=O) groups excluding carboxylic acids is 2. The number of rotatable bonds is 6. The normalized spacial score (nSPS) is 14.9. The Kier molecular flexibility index (Phi) is 6.27. The second kappa shape index (κ2) is 8.53. The molecule has 3 rings (SSSR count). The highest BCUT2D eigenvalue weighted by atomic mass is 32.1. The van der Waals surface area contributed by atoms with Crippen molar-refractivity contribution in [3.05, 3.63) is 41.0 Å². The van der Waals surface area contributed by atoms with Crippen LogP contribution in [0.25, 0.3) is 10.4 Å². The fraction of sp³-hybridized carbons (Fsp3) is 0.500. The van der Waals surface area contributed by atoms with Crippen molar-refractivity contribution in [2.75, 3.05) is 13.6 Å². The van der Waals surface area contributed by atoms with Gasteiger partial charge in [-0.1, -0.05) is 30.3 Å². The highest BCUT2D eigenvalue weighted by Crippen LogP contribution is 2.36. The van der Waals surface area contributed by atoms with Gasteiger partial charge in [-0.2, -0.15) is 0 Å². The number of aromatic nitrogens is 1. The SMILES string of the molecule is Cc1nc(C(=O)N(C)[C@H](CNC(=O)OC(C)(C)C)C2CC2)c(-c2ccccc2)s1. The molecule has 7 heteroatoms. The molecule has 0 unspecified atom stereocenters. The number of hydrogen-bond donors (Lipinski definition) is 1. The monoisotopic (exact) mass is 415 g/mol. The van der Waals surface area contributed by atoms with Crippen LogP contribution < -0.4 is 5.32 Å². The summed E-state index contributed by atoms with van der Waals surface area (Å²) in [6, 6.07) is 9.77. The molecule has 0 radical (unpaired) electrons. The molecule has 6 nitrogen and oxygen atoms in total. The quantitative estimate of drug-likeness (QED) is 0.754. The minimum absolute atomic E-state index is 0.0827. The van der Waals surface area contributed by atoms with Crippen molar-refractivity contribution in [2.45, 2.75) is 52.2 Å². The van der Waals surface area contributed by atoms with Crippen LogP contribution in [0.2, 0.25) is 0 Å². The predicted octanol–water partition coefficient (Wildman–Crippen LogP) is 4.49. The topological polar surface area (TPSA) is 71.5 Å². The van der Waals surface area contributed by atoms with Crippen LogP contribution in [0.15, 0.2) is 30.3 Å². The van der Waals surface area contributed by atoms with E-state index in [1.165, 1.54) is 11.3 Å². The summed E-state index contributed by atoms with van der Waals surface area (Å²) in [4.78, 5) is 32.5. The van der Waals surface area contributed by atoms with Gasteiger partial charge in [0.05, 0.1) is 15.9 Å². The summed E-state index contributed by atoms with van der Waals surface area (Å²) < 4.78 is 5.33. The highest BCUT2D eigenvalue weighted by molar-refractivity contribution is 7.15. The molecule has 1 N–H and O–H groups in total. The average Bonchev–Trinajstić information content (AvgIpc) is 3.41. The zero-order valence-corrected chi connectivity index (χ0v) is 18.5. The average molecular weight is 416 g/mol. The number of nitrogens with one attached hydrogen (secondary N) is 1. The van der Waals surface area contributed by atoms with E-state index in [0.717, 1.165) is 28.3 Å². The van der Waals surface area contributed by atoms with Gasteiger partial charge in [-0.3, -0.25) is 4.79 Å². The summed E-state index contributed by atoms with van der Waals surface area (Å²) in [5, 5.41) is 3.68. The van der Waals surface area contributed by atoms with E-state index in [1.807, 2.05) is 58.0 Å². The molecule has 0 saturated heterocycles. The van der Waals surface area contributed by atoms with E-state index in [0.29, 0.717) is 18.2 Å². The summed E-state index contributed by atoms with van der Waals surface area (Å²) in [7, 11) is 1.80. The van der Waals surface area contributed by atoms with Crippen LogP contribution in [-0.2, 0) is 4.74 Å². The number of benzene rings is 1. The zero-order chi connectivity index (χ0) is 21.2. The molecule has 1 saturated carbocycles. The van der Waals surface area contributed by atoms with E-state index in [1.54, 1.807) is 11.9 Å². The third-order valence-electron chi connectivity index (χ3n) is 4.81. The van der Waals surface area contributed by atoms with E-state index in [9.17, 15) is 9.59 Å². The maximum absolute atomic E-state index is 13.3. The first-order chi connectivity index (χ1) is 13.7. The molecule has 1 fully saturated rings. The third-order valence-corrected chi connectivity index (χ3v) is 5.83. The molecule has 0 spiro atoms. The van der Waals surface area contributed by atoms with Gasteiger partial charge in [-0.05, 0) is 52.0 Å². The lowest BCUT2D eigenvalue weighted by molar-refractivity contribution is 0.0490. The molecule has 2 aromatic rings. The van der Waals surface area contributed by atoms with Gasteiger partial charge >= 0.3 is 6.09 Å². The number of hydrogen-bond acceptors (Lipinski definition) is 5. The molecule has 156 valence electrons.